The summed E-state index contributed by atoms with van der Waals surface area (Å²) in [6.07, 6.45) is 0.227. The first kappa shape index (κ1) is 17.7. The Morgan fingerprint density at radius 3 is 2.38 bits per heavy atom. The van der Waals surface area contributed by atoms with Crippen molar-refractivity contribution < 1.29 is 19.0 Å². The number of ether oxygens (including phenoxy) is 3. The molecule has 0 unspecified atom stereocenters. The van der Waals surface area contributed by atoms with Crippen molar-refractivity contribution in [1.82, 2.24) is 5.32 Å². The molecule has 0 bridgehead atoms. The van der Waals surface area contributed by atoms with Gasteiger partial charge in [0.15, 0.2) is 0 Å². The van der Waals surface area contributed by atoms with E-state index in [0.29, 0.717) is 24.7 Å². The molecule has 0 atom stereocenters. The van der Waals surface area contributed by atoms with Crippen LogP contribution in [0, 0.1) is 6.92 Å². The maximum absolute atomic E-state index is 12.1. The minimum Gasteiger partial charge on any atom is -0.497 e. The lowest BCUT2D eigenvalue weighted by atomic mass is 10.1. The zero-order valence-corrected chi connectivity index (χ0v) is 14.3. The van der Waals surface area contributed by atoms with Gasteiger partial charge in [0.1, 0.15) is 23.9 Å². The van der Waals surface area contributed by atoms with Crippen LogP contribution in [0.1, 0.15) is 11.1 Å². The molecule has 5 nitrogen and oxygen atoms in total. The predicted octanol–water partition coefficient (Wildman–Crippen LogP) is 2.75. The minimum atomic E-state index is -0.0888. The van der Waals surface area contributed by atoms with Gasteiger partial charge in [0.2, 0.25) is 5.91 Å². The SMILES string of the molecule is COc1ccc(OC)c(CC(=O)NCCOc2ccc(C)cc2)c1. The van der Waals surface area contributed by atoms with E-state index in [2.05, 4.69) is 5.32 Å². The number of methoxy groups -OCH3 is 2. The first-order chi connectivity index (χ1) is 11.6. The fourth-order valence-electron chi connectivity index (χ4n) is 2.25. The molecule has 2 aromatic rings. The van der Waals surface area contributed by atoms with E-state index in [1.165, 1.54) is 5.56 Å². The Labute approximate surface area is 142 Å². The molecular formula is C19H23NO4. The van der Waals surface area contributed by atoms with Crippen LogP contribution in [0.15, 0.2) is 42.5 Å². The monoisotopic (exact) mass is 329 g/mol. The summed E-state index contributed by atoms with van der Waals surface area (Å²) >= 11 is 0. The van der Waals surface area contributed by atoms with Crippen LogP contribution in [-0.4, -0.2) is 33.3 Å². The number of amides is 1. The van der Waals surface area contributed by atoms with E-state index in [-0.39, 0.29) is 12.3 Å². The number of hydrogen-bond donors (Lipinski definition) is 1. The lowest BCUT2D eigenvalue weighted by molar-refractivity contribution is -0.120. The van der Waals surface area contributed by atoms with Gasteiger partial charge in [-0.15, -0.1) is 0 Å². The summed E-state index contributed by atoms with van der Waals surface area (Å²) in [5.41, 5.74) is 1.97. The number of rotatable bonds is 8. The molecule has 0 radical (unpaired) electrons. The predicted molar refractivity (Wildman–Crippen MR) is 92.9 cm³/mol. The van der Waals surface area contributed by atoms with Crippen LogP contribution in [0.4, 0.5) is 0 Å². The van der Waals surface area contributed by atoms with Gasteiger partial charge in [0, 0.05) is 5.56 Å². The number of aryl methyl sites for hydroxylation is 1. The second kappa shape index (κ2) is 8.82. The van der Waals surface area contributed by atoms with Gasteiger partial charge >= 0.3 is 0 Å². The fourth-order valence-corrected chi connectivity index (χ4v) is 2.25. The zero-order valence-electron chi connectivity index (χ0n) is 14.3. The Bertz CT molecular complexity index is 668. The molecule has 24 heavy (non-hydrogen) atoms. The maximum atomic E-state index is 12.1. The largest absolute Gasteiger partial charge is 0.497 e. The summed E-state index contributed by atoms with van der Waals surface area (Å²) in [6.45, 7) is 2.89. The average molecular weight is 329 g/mol. The number of nitrogens with one attached hydrogen (secondary N) is 1. The Balaban J connectivity index is 1.80. The highest BCUT2D eigenvalue weighted by atomic mass is 16.5. The van der Waals surface area contributed by atoms with E-state index in [0.717, 1.165) is 11.3 Å². The summed E-state index contributed by atoms with van der Waals surface area (Å²) in [6, 6.07) is 13.2. The van der Waals surface area contributed by atoms with E-state index in [9.17, 15) is 4.79 Å². The number of hydrogen-bond acceptors (Lipinski definition) is 4. The van der Waals surface area contributed by atoms with Crippen LogP contribution in [0.2, 0.25) is 0 Å². The van der Waals surface area contributed by atoms with Gasteiger partial charge in [-0.25, -0.2) is 0 Å². The lowest BCUT2D eigenvalue weighted by Crippen LogP contribution is -2.29. The third kappa shape index (κ3) is 5.19. The Hall–Kier alpha value is -2.69. The minimum absolute atomic E-state index is 0.0888. The maximum Gasteiger partial charge on any atom is 0.224 e. The average Bonchev–Trinajstić information content (AvgIpc) is 2.60. The number of benzene rings is 2. The summed E-state index contributed by atoms with van der Waals surface area (Å²) in [5.74, 6) is 2.07. The van der Waals surface area contributed by atoms with Gasteiger partial charge in [-0.05, 0) is 37.3 Å². The van der Waals surface area contributed by atoms with Gasteiger partial charge in [-0.1, -0.05) is 17.7 Å². The van der Waals surface area contributed by atoms with Crippen molar-refractivity contribution in [1.29, 1.82) is 0 Å². The first-order valence-electron chi connectivity index (χ1n) is 7.79. The van der Waals surface area contributed by atoms with E-state index < -0.39 is 0 Å². The van der Waals surface area contributed by atoms with Gasteiger partial charge < -0.3 is 19.5 Å². The molecule has 0 aromatic heterocycles. The van der Waals surface area contributed by atoms with Crippen LogP contribution in [0.5, 0.6) is 17.2 Å². The van der Waals surface area contributed by atoms with Crippen molar-refractivity contribution in [3.05, 3.63) is 53.6 Å². The van der Waals surface area contributed by atoms with Gasteiger partial charge in [0.25, 0.3) is 0 Å². The lowest BCUT2D eigenvalue weighted by Gasteiger charge is -2.11. The standard InChI is InChI=1S/C19H23NO4/c1-14-4-6-16(7-5-14)24-11-10-20-19(21)13-15-12-17(22-2)8-9-18(15)23-3/h4-9,12H,10-11,13H2,1-3H3,(H,20,21). The van der Waals surface area contributed by atoms with Crippen LogP contribution in [0.3, 0.4) is 0 Å². The molecule has 1 amide bonds. The highest BCUT2D eigenvalue weighted by molar-refractivity contribution is 5.79. The Morgan fingerprint density at radius 1 is 1.00 bits per heavy atom. The van der Waals surface area contributed by atoms with Crippen molar-refractivity contribution in [2.45, 2.75) is 13.3 Å². The fraction of sp³-hybridized carbons (Fsp3) is 0.316. The molecule has 128 valence electrons. The molecule has 0 aliphatic rings. The molecule has 0 aliphatic carbocycles. The third-order valence-corrected chi connectivity index (χ3v) is 3.55. The molecule has 0 spiro atoms. The molecule has 2 aromatic carbocycles. The second-order valence-corrected chi connectivity index (χ2v) is 5.37. The summed E-state index contributed by atoms with van der Waals surface area (Å²) in [5, 5.41) is 2.84. The molecule has 0 fully saturated rings. The second-order valence-electron chi connectivity index (χ2n) is 5.37. The van der Waals surface area contributed by atoms with E-state index in [4.69, 9.17) is 14.2 Å². The molecule has 0 saturated heterocycles. The molecular weight excluding hydrogens is 306 g/mol. The van der Waals surface area contributed by atoms with E-state index in [1.54, 1.807) is 32.4 Å². The van der Waals surface area contributed by atoms with Crippen molar-refractivity contribution >= 4 is 5.91 Å². The van der Waals surface area contributed by atoms with Crippen molar-refractivity contribution in [2.75, 3.05) is 27.4 Å². The van der Waals surface area contributed by atoms with Crippen LogP contribution in [-0.2, 0) is 11.2 Å². The number of carbonyl (C=O) groups is 1. The summed E-state index contributed by atoms with van der Waals surface area (Å²) in [7, 11) is 3.17. The smallest absolute Gasteiger partial charge is 0.224 e. The first-order valence-corrected chi connectivity index (χ1v) is 7.79. The quantitative estimate of drug-likeness (QED) is 0.757. The zero-order chi connectivity index (χ0) is 17.4. The van der Waals surface area contributed by atoms with Gasteiger partial charge in [-0.2, -0.15) is 0 Å². The van der Waals surface area contributed by atoms with Crippen molar-refractivity contribution in [3.63, 3.8) is 0 Å². The normalized spacial score (nSPS) is 10.1. The van der Waals surface area contributed by atoms with Crippen LogP contribution >= 0.6 is 0 Å². The topological polar surface area (TPSA) is 56.8 Å². The van der Waals surface area contributed by atoms with Crippen molar-refractivity contribution in [3.8, 4) is 17.2 Å². The molecule has 0 aliphatic heterocycles. The van der Waals surface area contributed by atoms with Gasteiger partial charge in [-0.3, -0.25) is 4.79 Å². The van der Waals surface area contributed by atoms with Crippen LogP contribution in [0.25, 0.3) is 0 Å². The molecule has 1 N–H and O–H groups in total. The Kier molecular flexibility index (Phi) is 6.49. The van der Waals surface area contributed by atoms with Crippen LogP contribution < -0.4 is 19.5 Å². The highest BCUT2D eigenvalue weighted by Crippen LogP contribution is 2.24. The van der Waals surface area contributed by atoms with Crippen molar-refractivity contribution in [2.24, 2.45) is 0 Å². The molecule has 2 rings (SSSR count). The van der Waals surface area contributed by atoms with E-state index >= 15 is 0 Å². The molecule has 0 saturated carbocycles. The number of carbonyl (C=O) groups excluding carboxylic acids is 1. The molecule has 5 heteroatoms. The third-order valence-electron chi connectivity index (χ3n) is 3.55. The highest BCUT2D eigenvalue weighted by Gasteiger charge is 2.10. The summed E-state index contributed by atoms with van der Waals surface area (Å²) < 4.78 is 16.0. The van der Waals surface area contributed by atoms with E-state index in [1.807, 2.05) is 31.2 Å². The summed E-state index contributed by atoms with van der Waals surface area (Å²) in [4.78, 5) is 12.1. The molecule has 0 heterocycles. The Morgan fingerprint density at radius 2 is 1.71 bits per heavy atom. The van der Waals surface area contributed by atoms with Gasteiger partial charge in [0.05, 0.1) is 27.2 Å².